The number of benzene rings is 1. The van der Waals surface area contributed by atoms with Crippen LogP contribution in [0.2, 0.25) is 0 Å². The Morgan fingerprint density at radius 3 is 2.42 bits per heavy atom. The van der Waals surface area contributed by atoms with E-state index in [2.05, 4.69) is 20.6 Å². The topological polar surface area (TPSA) is 195 Å². The van der Waals surface area contributed by atoms with E-state index in [0.717, 1.165) is 4.90 Å². The normalized spacial score (nSPS) is 29.4. The third-order valence-corrected chi connectivity index (χ3v) is 13.8. The summed E-state index contributed by atoms with van der Waals surface area (Å²) in [6, 6.07) is 1.57. The second-order valence-electron chi connectivity index (χ2n) is 17.6. The molecule has 0 radical (unpaired) electrons. The van der Waals surface area contributed by atoms with E-state index in [1.165, 1.54) is 19.2 Å². The number of halogens is 4. The van der Waals surface area contributed by atoms with Crippen molar-refractivity contribution in [2.24, 2.45) is 17.3 Å². The number of fused-ring (bicyclic) bond motifs is 5. The van der Waals surface area contributed by atoms with Crippen LogP contribution in [0.4, 0.5) is 22.4 Å². The van der Waals surface area contributed by atoms with E-state index in [1.807, 2.05) is 4.72 Å². The third-order valence-electron chi connectivity index (χ3n) is 12.0. The Labute approximate surface area is 344 Å². The highest BCUT2D eigenvalue weighted by Crippen LogP contribution is 2.48. The zero-order valence-electron chi connectivity index (χ0n) is 34.0. The van der Waals surface area contributed by atoms with Crippen molar-refractivity contribution in [1.29, 1.82) is 0 Å². The van der Waals surface area contributed by atoms with Gasteiger partial charge in [0.05, 0.1) is 29.9 Å². The number of hydrogen-bond acceptors (Lipinski definition) is 11. The number of nitrogens with zero attached hydrogens (tertiary/aromatic N) is 3. The molecule has 3 saturated carbocycles. The molecular formula is C40H50F4N6O9S. The Morgan fingerprint density at radius 1 is 1.05 bits per heavy atom. The Morgan fingerprint density at radius 2 is 1.78 bits per heavy atom. The van der Waals surface area contributed by atoms with Crippen molar-refractivity contribution in [2.75, 3.05) is 13.7 Å². The molecule has 2 bridgehead atoms. The van der Waals surface area contributed by atoms with Crippen molar-refractivity contribution in [2.45, 2.75) is 133 Å². The van der Waals surface area contributed by atoms with Crippen LogP contribution in [-0.2, 0) is 35.1 Å². The van der Waals surface area contributed by atoms with Crippen molar-refractivity contribution >= 4 is 44.9 Å². The molecule has 2 aromatic rings. The van der Waals surface area contributed by atoms with E-state index in [4.69, 9.17) is 14.2 Å². The number of methoxy groups -OCH3 is 1. The van der Waals surface area contributed by atoms with Crippen molar-refractivity contribution in [3.63, 3.8) is 0 Å². The second kappa shape index (κ2) is 15.9. The summed E-state index contributed by atoms with van der Waals surface area (Å²) in [5, 5.41) is 4.13. The quantitative estimate of drug-likeness (QED) is 0.294. The molecule has 60 heavy (non-hydrogen) atoms. The molecule has 15 nitrogen and oxygen atoms in total. The summed E-state index contributed by atoms with van der Waals surface area (Å²) >= 11 is 0. The maximum absolute atomic E-state index is 16.4. The number of ether oxygens (including phenoxy) is 3. The number of rotatable bonds is 8. The second-order valence-corrected chi connectivity index (χ2v) is 19.6. The largest absolute Gasteiger partial charge is 0.497 e. The summed E-state index contributed by atoms with van der Waals surface area (Å²) in [7, 11) is -2.82. The van der Waals surface area contributed by atoms with E-state index in [-0.39, 0.29) is 42.6 Å². The predicted molar refractivity (Wildman–Crippen MR) is 206 cm³/mol. The molecule has 20 heteroatoms. The average Bonchev–Trinajstić information content (AvgIpc) is 4.08. The number of carbonyl (C=O) groups is 4. The standard InChI is InChI=1S/C40H50F4N6O9S/c1-6-9-23-28-19-50(29(23)33(51)48-39(18-24(39)32(41)42)36(53)49-60(55,56)22-12-13-22)35(52)31(38(2,3)4)47-37(54)59-27-16-20(27)10-7-8-15-40(43,44)30-34(58-28)46-26-17-21(57-5)11-14-25(26)45-30/h11,14,17,20,22-23,27-29,31H,6-10,12-13,15-16,18-19H2,1-5H3,(H,47,54)(H,48,51)(H,49,53)/t20-,23-,27-,28+,29+,31-,39-/m1/s1. The number of alkyl halides is 2. The molecule has 3 heterocycles. The smallest absolute Gasteiger partial charge is 0.408 e. The molecule has 4 fully saturated rings. The zero-order chi connectivity index (χ0) is 43.5. The van der Waals surface area contributed by atoms with Gasteiger partial charge in [0.2, 0.25) is 27.7 Å². The fourth-order valence-corrected chi connectivity index (χ4v) is 9.66. The van der Waals surface area contributed by atoms with Crippen LogP contribution in [0.1, 0.15) is 97.6 Å². The van der Waals surface area contributed by atoms with Crippen LogP contribution in [0.25, 0.3) is 11.0 Å². The Kier molecular flexibility index (Phi) is 11.5. The molecule has 0 unspecified atom stereocenters. The van der Waals surface area contributed by atoms with E-state index >= 15 is 8.78 Å². The van der Waals surface area contributed by atoms with Gasteiger partial charge in [-0.2, -0.15) is 17.6 Å². The van der Waals surface area contributed by atoms with Crippen LogP contribution >= 0.6 is 0 Å². The van der Waals surface area contributed by atoms with Crippen LogP contribution in [0.15, 0.2) is 29.9 Å². The number of amides is 4. The first-order valence-corrected chi connectivity index (χ1v) is 21.8. The third kappa shape index (κ3) is 8.70. The molecule has 1 saturated heterocycles. The number of alkyl carbamates (subject to hydrolysis) is 1. The van der Waals surface area contributed by atoms with Gasteiger partial charge in [-0.1, -0.05) is 40.5 Å². The lowest BCUT2D eigenvalue weighted by Gasteiger charge is -2.36. The van der Waals surface area contributed by atoms with Gasteiger partial charge in [0.25, 0.3) is 17.9 Å². The van der Waals surface area contributed by atoms with Crippen LogP contribution in [0.3, 0.4) is 0 Å². The number of sulfonamides is 1. The highest BCUT2D eigenvalue weighted by molar-refractivity contribution is 7.91. The summed E-state index contributed by atoms with van der Waals surface area (Å²) in [6.45, 7) is 6.33. The summed E-state index contributed by atoms with van der Waals surface area (Å²) < 4.78 is 106. The zero-order valence-corrected chi connectivity index (χ0v) is 34.8. The van der Waals surface area contributed by atoms with Gasteiger partial charge in [-0.15, -0.1) is 0 Å². The number of carbonyl (C=O) groups excluding carboxylic acids is 4. The van der Waals surface area contributed by atoms with Crippen LogP contribution in [0.5, 0.6) is 11.6 Å². The molecule has 0 spiro atoms. The highest BCUT2D eigenvalue weighted by Gasteiger charge is 2.63. The van der Waals surface area contributed by atoms with Crippen molar-refractivity contribution in [1.82, 2.24) is 30.2 Å². The maximum atomic E-state index is 16.4. The first-order valence-electron chi connectivity index (χ1n) is 20.3. The first kappa shape index (κ1) is 43.3. The lowest BCUT2D eigenvalue weighted by atomic mass is 9.85. The van der Waals surface area contributed by atoms with Gasteiger partial charge < -0.3 is 29.7 Å². The summed E-state index contributed by atoms with van der Waals surface area (Å²) in [4.78, 5) is 66.3. The molecular weight excluding hydrogens is 817 g/mol. The van der Waals surface area contributed by atoms with Gasteiger partial charge in [-0.05, 0) is 62.0 Å². The van der Waals surface area contributed by atoms with Crippen molar-refractivity contribution < 1.29 is 59.4 Å². The molecule has 328 valence electrons. The predicted octanol–water partition coefficient (Wildman–Crippen LogP) is 5.23. The van der Waals surface area contributed by atoms with Gasteiger partial charge in [0.1, 0.15) is 30.0 Å². The fraction of sp³-hybridized carbons (Fsp3) is 0.650. The highest BCUT2D eigenvalue weighted by atomic mass is 32.2. The van der Waals surface area contributed by atoms with Gasteiger partial charge in [0.15, 0.2) is 11.2 Å². The van der Waals surface area contributed by atoms with Crippen LogP contribution < -0.4 is 24.8 Å². The minimum Gasteiger partial charge on any atom is -0.497 e. The van der Waals surface area contributed by atoms with Gasteiger partial charge in [-0.25, -0.2) is 23.2 Å². The van der Waals surface area contributed by atoms with E-state index < -0.39 is 129 Å². The molecule has 2 aliphatic heterocycles. The molecule has 3 aliphatic carbocycles. The van der Waals surface area contributed by atoms with Crippen LogP contribution in [0, 0.1) is 17.3 Å². The van der Waals surface area contributed by atoms with Gasteiger partial charge in [0, 0.05) is 30.4 Å². The fourth-order valence-electron chi connectivity index (χ4n) is 8.30. The lowest BCUT2D eigenvalue weighted by molar-refractivity contribution is -0.143. The first-order chi connectivity index (χ1) is 28.2. The number of nitrogens with one attached hydrogen (secondary N) is 3. The minimum absolute atomic E-state index is 0.0668. The van der Waals surface area contributed by atoms with Crippen molar-refractivity contribution in [3.05, 3.63) is 35.5 Å². The summed E-state index contributed by atoms with van der Waals surface area (Å²) in [5.41, 5.74) is -4.75. The molecule has 5 aliphatic rings. The van der Waals surface area contributed by atoms with E-state index in [9.17, 15) is 36.4 Å². The average molecular weight is 867 g/mol. The minimum atomic E-state index is -4.24. The van der Waals surface area contributed by atoms with Crippen LogP contribution in [-0.4, -0.2) is 95.8 Å². The molecule has 7 atom stereocenters. The Balaban J connectivity index is 1.32. The molecule has 1 aromatic heterocycles. The van der Waals surface area contributed by atoms with Crippen molar-refractivity contribution in [3.8, 4) is 11.6 Å². The van der Waals surface area contributed by atoms with Gasteiger partial charge >= 0.3 is 6.09 Å². The lowest BCUT2D eigenvalue weighted by Crippen LogP contribution is -2.60. The maximum Gasteiger partial charge on any atom is 0.408 e. The Hall–Kier alpha value is -4.75. The number of aromatic nitrogens is 2. The van der Waals surface area contributed by atoms with E-state index in [1.54, 1.807) is 33.8 Å². The summed E-state index contributed by atoms with van der Waals surface area (Å²) in [6.07, 6.45) is -3.73. The SMILES string of the molecule is CCC[C@@H]1[C@@H]2CN(C(=O)[C@H](C(C)(C)C)NC(=O)O[C@@H]3C[C@H]3CCCCC(F)(F)c3nc4ccc(OC)cc4nc3O2)[C@@H]1C(=O)N[C@]1(C(=O)NS(=O)(=O)C2CC2)CC1=C(F)F. The molecule has 7 rings (SSSR count). The molecule has 3 N–H and O–H groups in total. The summed E-state index contributed by atoms with van der Waals surface area (Å²) in [5.74, 6) is -8.16. The van der Waals surface area contributed by atoms with Gasteiger partial charge in [-0.3, -0.25) is 19.1 Å². The Bertz CT molecular complexity index is 2210. The van der Waals surface area contributed by atoms with E-state index in [0.29, 0.717) is 31.4 Å². The monoisotopic (exact) mass is 866 g/mol. The molecule has 1 aromatic carbocycles. The number of hydrogen-bond donors (Lipinski definition) is 3. The molecule has 4 amide bonds.